The molecule has 1 aliphatic heterocycles. The third kappa shape index (κ3) is 5.13. The second kappa shape index (κ2) is 9.94. The number of methoxy groups -OCH3 is 1. The third-order valence-electron chi connectivity index (χ3n) is 4.99. The van der Waals surface area contributed by atoms with Crippen LogP contribution in [0.15, 0.2) is 36.5 Å². The molecule has 0 spiro atoms. The van der Waals surface area contributed by atoms with Crippen LogP contribution in [0.5, 0.6) is 11.5 Å². The Kier molecular flexibility index (Phi) is 7.08. The number of benzene rings is 1. The Morgan fingerprint density at radius 2 is 2.00 bits per heavy atom. The minimum atomic E-state index is 0.579. The fourth-order valence-corrected chi connectivity index (χ4v) is 3.36. The molecule has 2 heterocycles. The van der Waals surface area contributed by atoms with Crippen LogP contribution < -0.4 is 20.1 Å². The number of hydrogen-bond acceptors (Lipinski definition) is 7. The van der Waals surface area contributed by atoms with Gasteiger partial charge in [0.25, 0.3) is 0 Å². The van der Waals surface area contributed by atoms with E-state index >= 15 is 0 Å². The van der Waals surface area contributed by atoms with E-state index < -0.39 is 0 Å². The lowest BCUT2D eigenvalue weighted by atomic mass is 10.2. The maximum absolute atomic E-state index is 7.26. The van der Waals surface area contributed by atoms with Gasteiger partial charge in [-0.2, -0.15) is 0 Å². The van der Waals surface area contributed by atoms with Crippen LogP contribution in [0.2, 0.25) is 0 Å². The molecule has 3 rings (SSSR count). The number of anilines is 2. The molecule has 0 amide bonds. The highest BCUT2D eigenvalue weighted by molar-refractivity contribution is 5.85. The molecule has 3 N–H and O–H groups in total. The summed E-state index contributed by atoms with van der Waals surface area (Å²) in [4.78, 5) is 9.26. The largest absolute Gasteiger partial charge is 0.494 e. The number of hydrogen-bond donors (Lipinski definition) is 2. The molecule has 150 valence electrons. The zero-order valence-corrected chi connectivity index (χ0v) is 16.4. The molecule has 0 saturated carbocycles. The molecule has 0 unspecified atom stereocenters. The molecule has 1 aromatic carbocycles. The summed E-state index contributed by atoms with van der Waals surface area (Å²) >= 11 is 0. The topological polar surface area (TPSA) is 87.7 Å². The average Bonchev–Trinajstić information content (AvgIpc) is 2.74. The molecule has 7 nitrogen and oxygen atoms in total. The molecule has 28 heavy (non-hydrogen) atoms. The Bertz CT molecular complexity index is 775. The maximum atomic E-state index is 7.26. The zero-order chi connectivity index (χ0) is 19.8. The minimum absolute atomic E-state index is 0.579. The van der Waals surface area contributed by atoms with E-state index in [-0.39, 0.29) is 0 Å². The number of aromatic nitrogens is 1. The highest BCUT2D eigenvalue weighted by Crippen LogP contribution is 2.25. The summed E-state index contributed by atoms with van der Waals surface area (Å²) in [5.41, 5.74) is 7.17. The number of ether oxygens (including phenoxy) is 2. The van der Waals surface area contributed by atoms with Crippen molar-refractivity contribution in [3.63, 3.8) is 0 Å². The normalized spacial score (nSPS) is 14.7. The Hall–Kier alpha value is -2.80. The Labute approximate surface area is 166 Å². The lowest BCUT2D eigenvalue weighted by Gasteiger charge is -2.35. The first-order valence-corrected chi connectivity index (χ1v) is 9.70. The van der Waals surface area contributed by atoms with Crippen molar-refractivity contribution in [2.45, 2.75) is 12.8 Å². The smallest absolute Gasteiger partial charge is 0.171 e. The molecule has 7 heteroatoms. The van der Waals surface area contributed by atoms with Gasteiger partial charge in [0, 0.05) is 55.9 Å². The first-order valence-electron chi connectivity index (χ1n) is 9.70. The van der Waals surface area contributed by atoms with Gasteiger partial charge in [0.2, 0.25) is 0 Å². The highest BCUT2D eigenvalue weighted by atomic mass is 16.5. The summed E-state index contributed by atoms with van der Waals surface area (Å²) in [5.74, 6) is 2.54. The van der Waals surface area contributed by atoms with E-state index in [1.54, 1.807) is 13.2 Å². The number of pyridine rings is 1. The predicted molar refractivity (Wildman–Crippen MR) is 113 cm³/mol. The number of nitrogens with one attached hydrogen (secondary N) is 1. The summed E-state index contributed by atoms with van der Waals surface area (Å²) in [6.07, 6.45) is 5.17. The molecule has 0 radical (unpaired) electrons. The van der Waals surface area contributed by atoms with Gasteiger partial charge in [0.1, 0.15) is 5.75 Å². The van der Waals surface area contributed by atoms with E-state index in [0.29, 0.717) is 12.3 Å². The summed E-state index contributed by atoms with van der Waals surface area (Å²) in [7, 11) is 1.69. The van der Waals surface area contributed by atoms with Gasteiger partial charge in [-0.3, -0.25) is 4.90 Å². The molecule has 1 aromatic heterocycles. The van der Waals surface area contributed by atoms with Crippen molar-refractivity contribution in [2.24, 2.45) is 0 Å². The third-order valence-corrected chi connectivity index (χ3v) is 4.99. The van der Waals surface area contributed by atoms with E-state index in [2.05, 4.69) is 14.8 Å². The molecular formula is C21H29N5O2. The van der Waals surface area contributed by atoms with Crippen molar-refractivity contribution in [1.29, 1.82) is 5.41 Å². The molecular weight excluding hydrogens is 354 g/mol. The van der Waals surface area contributed by atoms with E-state index in [4.69, 9.17) is 20.6 Å². The molecule has 1 aliphatic rings. The van der Waals surface area contributed by atoms with Gasteiger partial charge in [-0.05, 0) is 43.7 Å². The first kappa shape index (κ1) is 19.9. The fourth-order valence-electron chi connectivity index (χ4n) is 3.36. The van der Waals surface area contributed by atoms with E-state index in [1.807, 2.05) is 30.5 Å². The van der Waals surface area contributed by atoms with Gasteiger partial charge in [-0.25, -0.2) is 4.98 Å². The number of rotatable bonds is 9. The van der Waals surface area contributed by atoms with Gasteiger partial charge < -0.3 is 25.5 Å². The lowest BCUT2D eigenvalue weighted by Crippen LogP contribution is -2.47. The summed E-state index contributed by atoms with van der Waals surface area (Å²) in [6.45, 7) is 5.73. The van der Waals surface area contributed by atoms with Crippen LogP contribution in [0.25, 0.3) is 0 Å². The SMILES string of the molecule is COc1cccnc1N1CCN(CCCCOc2ccc(C=N)c(N)c2)CC1. The average molecular weight is 383 g/mol. The first-order chi connectivity index (χ1) is 13.7. The van der Waals surface area contributed by atoms with Crippen LogP contribution in [0, 0.1) is 5.41 Å². The van der Waals surface area contributed by atoms with Crippen LogP contribution in [0.3, 0.4) is 0 Å². The van der Waals surface area contributed by atoms with Crippen molar-refractivity contribution in [3.8, 4) is 11.5 Å². The van der Waals surface area contributed by atoms with Crippen molar-refractivity contribution >= 4 is 17.7 Å². The highest BCUT2D eigenvalue weighted by Gasteiger charge is 2.20. The second-order valence-corrected chi connectivity index (χ2v) is 6.85. The van der Waals surface area contributed by atoms with Gasteiger partial charge in [-0.1, -0.05) is 0 Å². The van der Waals surface area contributed by atoms with Crippen molar-refractivity contribution < 1.29 is 9.47 Å². The van der Waals surface area contributed by atoms with Crippen molar-refractivity contribution in [3.05, 3.63) is 42.1 Å². The standard InChI is InChI=1S/C21H29N5O2/c1-27-20-5-4-8-24-21(20)26-12-10-25(11-13-26)9-2-3-14-28-18-7-6-17(16-22)19(23)15-18/h4-8,15-16,22H,2-3,9-14,23H2,1H3. The monoisotopic (exact) mass is 383 g/mol. The number of nitrogen functional groups attached to an aromatic ring is 1. The molecule has 2 aromatic rings. The summed E-state index contributed by atoms with van der Waals surface area (Å²) in [6, 6.07) is 9.32. The minimum Gasteiger partial charge on any atom is -0.494 e. The van der Waals surface area contributed by atoms with Crippen LogP contribution in [0.1, 0.15) is 18.4 Å². The quantitative estimate of drug-likeness (QED) is 0.393. The number of piperazine rings is 1. The number of unbranched alkanes of at least 4 members (excludes halogenated alkanes) is 1. The Morgan fingerprint density at radius 3 is 2.71 bits per heavy atom. The zero-order valence-electron chi connectivity index (χ0n) is 16.4. The fraction of sp³-hybridized carbons (Fsp3) is 0.429. The lowest BCUT2D eigenvalue weighted by molar-refractivity contribution is 0.237. The number of nitrogens with zero attached hydrogens (tertiary/aromatic N) is 3. The van der Waals surface area contributed by atoms with Crippen LogP contribution >= 0.6 is 0 Å². The Balaban J connectivity index is 1.35. The second-order valence-electron chi connectivity index (χ2n) is 6.85. The molecule has 0 aliphatic carbocycles. The van der Waals surface area contributed by atoms with Gasteiger partial charge in [0.05, 0.1) is 13.7 Å². The van der Waals surface area contributed by atoms with Gasteiger partial charge in [0.15, 0.2) is 11.6 Å². The molecule has 0 atom stereocenters. The van der Waals surface area contributed by atoms with Crippen LogP contribution in [-0.4, -0.2) is 62.5 Å². The van der Waals surface area contributed by atoms with Crippen molar-refractivity contribution in [1.82, 2.24) is 9.88 Å². The molecule has 1 saturated heterocycles. The van der Waals surface area contributed by atoms with Gasteiger partial charge in [-0.15, -0.1) is 0 Å². The maximum Gasteiger partial charge on any atom is 0.171 e. The van der Waals surface area contributed by atoms with Gasteiger partial charge >= 0.3 is 0 Å². The molecule has 0 bridgehead atoms. The van der Waals surface area contributed by atoms with Crippen molar-refractivity contribution in [2.75, 3.05) is 57.1 Å². The van der Waals surface area contributed by atoms with E-state index in [9.17, 15) is 0 Å². The van der Waals surface area contributed by atoms with E-state index in [1.165, 1.54) is 6.21 Å². The van der Waals surface area contributed by atoms with E-state index in [0.717, 1.165) is 68.4 Å². The van der Waals surface area contributed by atoms with Crippen LogP contribution in [0.4, 0.5) is 11.5 Å². The predicted octanol–water partition coefficient (Wildman–Crippen LogP) is 2.65. The summed E-state index contributed by atoms with van der Waals surface area (Å²) in [5, 5.41) is 7.26. The molecule has 1 fully saturated rings. The number of nitrogens with two attached hydrogens (primary N) is 1. The Morgan fingerprint density at radius 1 is 1.18 bits per heavy atom. The summed E-state index contributed by atoms with van der Waals surface area (Å²) < 4.78 is 11.2. The van der Waals surface area contributed by atoms with Crippen LogP contribution in [-0.2, 0) is 0 Å².